The van der Waals surface area contributed by atoms with Gasteiger partial charge in [-0.15, -0.1) is 0 Å². The molecule has 0 atom stereocenters. The molecule has 0 spiro atoms. The number of hydrogen-bond acceptors (Lipinski definition) is 7. The molecular formula is C14H10ClFN4O3S. The number of ether oxygens (including phenoxy) is 1. The molecule has 0 aliphatic rings. The summed E-state index contributed by atoms with van der Waals surface area (Å²) in [6.45, 7) is 3.11. The zero-order chi connectivity index (χ0) is 17.4. The average Bonchev–Trinajstić information content (AvgIpc) is 3.07. The van der Waals surface area contributed by atoms with Crippen molar-refractivity contribution in [1.82, 2.24) is 18.9 Å². The number of pyridine rings is 2. The maximum Gasteiger partial charge on any atom is 0.343 e. The van der Waals surface area contributed by atoms with Crippen LogP contribution in [-0.4, -0.2) is 31.5 Å². The number of carbonyl (C=O) groups excluding carboxylic acids is 1. The van der Waals surface area contributed by atoms with E-state index < -0.39 is 17.2 Å². The second-order valence-electron chi connectivity index (χ2n) is 4.73. The lowest BCUT2D eigenvalue weighted by atomic mass is 10.1. The van der Waals surface area contributed by atoms with Gasteiger partial charge in [-0.05, 0) is 13.8 Å². The number of carbonyl (C=O) groups is 1. The highest BCUT2D eigenvalue weighted by Crippen LogP contribution is 2.25. The molecule has 0 N–H and O–H groups in total. The third kappa shape index (κ3) is 2.55. The van der Waals surface area contributed by atoms with E-state index in [1.807, 2.05) is 0 Å². The molecule has 0 radical (unpaired) electrons. The summed E-state index contributed by atoms with van der Waals surface area (Å²) in [5.74, 6) is -1.62. The molecule has 3 heterocycles. The summed E-state index contributed by atoms with van der Waals surface area (Å²) in [6.07, 6.45) is 2.57. The first-order valence-corrected chi connectivity index (χ1v) is 7.96. The van der Waals surface area contributed by atoms with Crippen molar-refractivity contribution in [2.45, 2.75) is 13.8 Å². The molecule has 7 nitrogen and oxygen atoms in total. The van der Waals surface area contributed by atoms with E-state index in [0.29, 0.717) is 5.13 Å². The molecule has 0 aromatic carbocycles. The minimum Gasteiger partial charge on any atom is -0.462 e. The fourth-order valence-electron chi connectivity index (χ4n) is 2.23. The van der Waals surface area contributed by atoms with Crippen LogP contribution in [0, 0.1) is 12.7 Å². The van der Waals surface area contributed by atoms with Crippen molar-refractivity contribution in [3.05, 3.63) is 44.8 Å². The lowest BCUT2D eigenvalue weighted by Crippen LogP contribution is -2.22. The van der Waals surface area contributed by atoms with Crippen LogP contribution in [0.15, 0.2) is 17.3 Å². The minimum absolute atomic E-state index is 0.000543. The molecule has 3 aromatic rings. The van der Waals surface area contributed by atoms with Crippen molar-refractivity contribution in [2.24, 2.45) is 0 Å². The van der Waals surface area contributed by atoms with Crippen LogP contribution < -0.4 is 5.43 Å². The first kappa shape index (κ1) is 16.5. The van der Waals surface area contributed by atoms with Crippen LogP contribution in [0.5, 0.6) is 0 Å². The van der Waals surface area contributed by atoms with Crippen LogP contribution in [0.1, 0.15) is 22.8 Å². The maximum atomic E-state index is 14.1. The molecule has 3 rings (SSSR count). The summed E-state index contributed by atoms with van der Waals surface area (Å²) < 4.78 is 24.3. The lowest BCUT2D eigenvalue weighted by Gasteiger charge is -2.12. The molecule has 0 aliphatic carbocycles. The molecule has 0 amide bonds. The van der Waals surface area contributed by atoms with Gasteiger partial charge in [-0.25, -0.2) is 19.2 Å². The number of esters is 1. The second-order valence-corrected chi connectivity index (χ2v) is 5.84. The van der Waals surface area contributed by atoms with Gasteiger partial charge in [0.05, 0.1) is 12.0 Å². The summed E-state index contributed by atoms with van der Waals surface area (Å²) >= 11 is 6.82. The standard InChI is InChI=1S/C14H10ClFN4O3S/c1-3-23-13(22)7-4-20(14-17-5-18-24-14)12-8(10(7)21)6(2)9(16)11(15)19-12/h4-5H,3H2,1-2H3. The van der Waals surface area contributed by atoms with E-state index in [4.69, 9.17) is 16.3 Å². The highest BCUT2D eigenvalue weighted by atomic mass is 35.5. The van der Waals surface area contributed by atoms with Crippen LogP contribution in [0.2, 0.25) is 5.15 Å². The summed E-state index contributed by atoms with van der Waals surface area (Å²) in [6, 6.07) is 0. The lowest BCUT2D eigenvalue weighted by molar-refractivity contribution is 0.0524. The monoisotopic (exact) mass is 368 g/mol. The van der Waals surface area contributed by atoms with Gasteiger partial charge in [0.1, 0.15) is 11.9 Å². The molecule has 0 saturated carbocycles. The van der Waals surface area contributed by atoms with Gasteiger partial charge >= 0.3 is 5.97 Å². The predicted molar refractivity (Wildman–Crippen MR) is 86.5 cm³/mol. The molecular weight excluding hydrogens is 359 g/mol. The molecule has 10 heteroatoms. The highest BCUT2D eigenvalue weighted by molar-refractivity contribution is 7.08. The van der Waals surface area contributed by atoms with Gasteiger partial charge in [0.25, 0.3) is 0 Å². The number of rotatable bonds is 3. The van der Waals surface area contributed by atoms with Gasteiger partial charge in [-0.3, -0.25) is 9.36 Å². The number of hydrogen-bond donors (Lipinski definition) is 0. The Bertz CT molecular complexity index is 1000. The summed E-state index contributed by atoms with van der Waals surface area (Å²) in [7, 11) is 0. The van der Waals surface area contributed by atoms with Crippen LogP contribution >= 0.6 is 23.1 Å². The summed E-state index contributed by atoms with van der Waals surface area (Å²) in [5, 5.41) is -0.0840. The number of fused-ring (bicyclic) bond motifs is 1. The van der Waals surface area contributed by atoms with Crippen molar-refractivity contribution in [3.63, 3.8) is 0 Å². The van der Waals surface area contributed by atoms with Gasteiger partial charge in [-0.2, -0.15) is 4.37 Å². The average molecular weight is 369 g/mol. The molecule has 0 bridgehead atoms. The van der Waals surface area contributed by atoms with Gasteiger partial charge in [0.2, 0.25) is 10.6 Å². The highest BCUT2D eigenvalue weighted by Gasteiger charge is 2.23. The number of aromatic nitrogens is 4. The van der Waals surface area contributed by atoms with Crippen molar-refractivity contribution >= 4 is 40.1 Å². The fourth-order valence-corrected chi connectivity index (χ4v) is 2.97. The first-order chi connectivity index (χ1) is 11.5. The first-order valence-electron chi connectivity index (χ1n) is 6.80. The minimum atomic E-state index is -0.814. The summed E-state index contributed by atoms with van der Waals surface area (Å²) in [5.41, 5.74) is -0.830. The van der Waals surface area contributed by atoms with Crippen molar-refractivity contribution in [2.75, 3.05) is 6.61 Å². The molecule has 124 valence electrons. The van der Waals surface area contributed by atoms with Crippen LogP contribution in [0.3, 0.4) is 0 Å². The Labute approximate surface area is 143 Å². The fraction of sp³-hybridized carbons (Fsp3) is 0.214. The molecule has 0 fully saturated rings. The van der Waals surface area contributed by atoms with Crippen LogP contribution in [0.25, 0.3) is 16.2 Å². The molecule has 0 saturated heterocycles. The molecule has 24 heavy (non-hydrogen) atoms. The van der Waals surface area contributed by atoms with E-state index >= 15 is 0 Å². The summed E-state index contributed by atoms with van der Waals surface area (Å²) in [4.78, 5) is 32.7. The Kier molecular flexibility index (Phi) is 4.29. The van der Waals surface area contributed by atoms with E-state index in [9.17, 15) is 14.0 Å². The van der Waals surface area contributed by atoms with Gasteiger partial charge in [0.15, 0.2) is 16.6 Å². The van der Waals surface area contributed by atoms with E-state index in [1.54, 1.807) is 6.92 Å². The van der Waals surface area contributed by atoms with Crippen LogP contribution in [-0.2, 0) is 4.74 Å². The van der Waals surface area contributed by atoms with Crippen molar-refractivity contribution < 1.29 is 13.9 Å². The van der Waals surface area contributed by atoms with Gasteiger partial charge in [0, 0.05) is 23.3 Å². The van der Waals surface area contributed by atoms with Crippen molar-refractivity contribution in [3.8, 4) is 5.13 Å². The normalized spacial score (nSPS) is 11.0. The number of aryl methyl sites for hydroxylation is 1. The smallest absolute Gasteiger partial charge is 0.343 e. The Morgan fingerprint density at radius 2 is 2.25 bits per heavy atom. The zero-order valence-electron chi connectivity index (χ0n) is 12.5. The third-order valence-corrected chi connectivity index (χ3v) is 4.24. The Morgan fingerprint density at radius 1 is 1.50 bits per heavy atom. The predicted octanol–water partition coefficient (Wildman–Crippen LogP) is 2.51. The number of nitrogens with zero attached hydrogens (tertiary/aromatic N) is 4. The third-order valence-electron chi connectivity index (χ3n) is 3.32. The zero-order valence-corrected chi connectivity index (χ0v) is 14.1. The van der Waals surface area contributed by atoms with Crippen LogP contribution in [0.4, 0.5) is 4.39 Å². The van der Waals surface area contributed by atoms with E-state index in [1.165, 1.54) is 24.0 Å². The van der Waals surface area contributed by atoms with E-state index in [-0.39, 0.29) is 33.9 Å². The molecule has 0 unspecified atom stereocenters. The topological polar surface area (TPSA) is 87.0 Å². The largest absolute Gasteiger partial charge is 0.462 e. The van der Waals surface area contributed by atoms with E-state index in [0.717, 1.165) is 11.5 Å². The quantitative estimate of drug-likeness (QED) is 0.521. The molecule has 0 aliphatic heterocycles. The Morgan fingerprint density at radius 3 is 2.88 bits per heavy atom. The Balaban J connectivity index is 2.47. The Hall–Kier alpha value is -2.39. The van der Waals surface area contributed by atoms with E-state index in [2.05, 4.69) is 14.3 Å². The molecule has 3 aromatic heterocycles. The maximum absolute atomic E-state index is 14.1. The number of halogens is 2. The van der Waals surface area contributed by atoms with Crippen molar-refractivity contribution in [1.29, 1.82) is 0 Å². The van der Waals surface area contributed by atoms with Gasteiger partial charge in [-0.1, -0.05) is 11.6 Å². The van der Waals surface area contributed by atoms with Gasteiger partial charge < -0.3 is 4.74 Å². The SMILES string of the molecule is CCOC(=O)c1cn(-c2ncns2)c2nc(Cl)c(F)c(C)c2c1=O. The second kappa shape index (κ2) is 6.25.